The number of rotatable bonds is 5. The summed E-state index contributed by atoms with van der Waals surface area (Å²) in [5.41, 5.74) is 13.7. The lowest BCUT2D eigenvalue weighted by molar-refractivity contribution is 0.660. The second-order valence-corrected chi connectivity index (χ2v) is 14.6. The van der Waals surface area contributed by atoms with Crippen LogP contribution in [0.2, 0.25) is 0 Å². The molecule has 1 aliphatic carbocycles. The maximum absolute atomic E-state index is 2.42. The number of hydrogen-bond donors (Lipinski definition) is 0. The van der Waals surface area contributed by atoms with Crippen LogP contribution in [0.25, 0.3) is 65.7 Å². The van der Waals surface area contributed by atoms with Crippen LogP contribution in [-0.2, 0) is 5.41 Å². The van der Waals surface area contributed by atoms with Gasteiger partial charge in [-0.05, 0) is 125 Å². The Balaban J connectivity index is 1.12. The Morgan fingerprint density at radius 2 is 0.923 bits per heavy atom. The van der Waals surface area contributed by atoms with Gasteiger partial charge in [-0.15, -0.1) is 0 Å². The molecule has 52 heavy (non-hydrogen) atoms. The van der Waals surface area contributed by atoms with Gasteiger partial charge in [0.1, 0.15) is 0 Å². The van der Waals surface area contributed by atoms with Gasteiger partial charge in [-0.2, -0.15) is 0 Å². The van der Waals surface area contributed by atoms with Crippen molar-refractivity contribution in [2.75, 3.05) is 4.90 Å². The molecule has 0 unspecified atom stereocenters. The smallest absolute Gasteiger partial charge is 0.0468 e. The highest BCUT2D eigenvalue weighted by Crippen LogP contribution is 2.51. The first-order valence-electron chi connectivity index (χ1n) is 18.2. The van der Waals surface area contributed by atoms with E-state index in [1.807, 2.05) is 0 Å². The van der Waals surface area contributed by atoms with Gasteiger partial charge >= 0.3 is 0 Å². The summed E-state index contributed by atoms with van der Waals surface area (Å²) in [4.78, 5) is 2.42. The van der Waals surface area contributed by atoms with Crippen LogP contribution >= 0.6 is 0 Å². The molecule has 0 atom stereocenters. The van der Waals surface area contributed by atoms with E-state index in [4.69, 9.17) is 0 Å². The van der Waals surface area contributed by atoms with Crippen LogP contribution in [0.5, 0.6) is 0 Å². The van der Waals surface area contributed by atoms with Gasteiger partial charge < -0.3 is 4.90 Å². The molecule has 9 aromatic rings. The fourth-order valence-electron chi connectivity index (χ4n) is 8.54. The Kier molecular flexibility index (Phi) is 6.91. The molecule has 246 valence electrons. The number of anilines is 3. The average Bonchev–Trinajstić information content (AvgIpc) is 3.43. The van der Waals surface area contributed by atoms with Gasteiger partial charge in [0.15, 0.2) is 0 Å². The summed E-state index contributed by atoms with van der Waals surface area (Å²) in [5, 5.41) is 7.56. The Hall–Kier alpha value is -6.44. The molecule has 0 saturated carbocycles. The first-order valence-corrected chi connectivity index (χ1v) is 18.2. The molecule has 0 spiro atoms. The van der Waals surface area contributed by atoms with Crippen LogP contribution < -0.4 is 4.90 Å². The highest BCUT2D eigenvalue weighted by molar-refractivity contribution is 6.13. The predicted octanol–water partition coefficient (Wildman–Crippen LogP) is 14.3. The molecule has 0 bridgehead atoms. The lowest BCUT2D eigenvalue weighted by Gasteiger charge is -2.28. The summed E-state index contributed by atoms with van der Waals surface area (Å²) in [5.74, 6) is 0. The van der Waals surface area contributed by atoms with Gasteiger partial charge in [0, 0.05) is 22.5 Å². The molecule has 0 saturated heterocycles. The van der Waals surface area contributed by atoms with E-state index >= 15 is 0 Å². The first kappa shape index (κ1) is 30.4. The normalized spacial score (nSPS) is 13.0. The van der Waals surface area contributed by atoms with Crippen molar-refractivity contribution >= 4 is 49.4 Å². The van der Waals surface area contributed by atoms with E-state index in [1.54, 1.807) is 0 Å². The second kappa shape index (κ2) is 11.8. The molecule has 0 aliphatic heterocycles. The van der Waals surface area contributed by atoms with Crippen molar-refractivity contribution in [2.45, 2.75) is 19.3 Å². The minimum Gasteiger partial charge on any atom is -0.310 e. The Labute approximate surface area is 305 Å². The van der Waals surface area contributed by atoms with E-state index in [2.05, 4.69) is 207 Å². The van der Waals surface area contributed by atoms with Gasteiger partial charge in [0.25, 0.3) is 0 Å². The molecule has 1 nitrogen and oxygen atoms in total. The molecular weight excluding hydrogens is 627 g/mol. The SMILES string of the molecule is CC1(C)c2ccccc2-c2ccc(N(c3ccc(-c4cc5ccccc5c5ccccc45)cc3)c3ccc4cc(-c5ccccc5)ccc4c3)cc21. The maximum atomic E-state index is 2.42. The average molecular weight is 664 g/mol. The second-order valence-electron chi connectivity index (χ2n) is 14.6. The largest absolute Gasteiger partial charge is 0.310 e. The molecule has 1 heteroatoms. The number of fused-ring (bicyclic) bond motifs is 7. The zero-order chi connectivity index (χ0) is 34.8. The van der Waals surface area contributed by atoms with Crippen molar-refractivity contribution < 1.29 is 0 Å². The first-order chi connectivity index (χ1) is 25.5. The predicted molar refractivity (Wildman–Crippen MR) is 222 cm³/mol. The van der Waals surface area contributed by atoms with Crippen molar-refractivity contribution in [2.24, 2.45) is 0 Å². The minimum atomic E-state index is -0.0914. The molecule has 1 aliphatic rings. The molecule has 10 rings (SSSR count). The highest BCUT2D eigenvalue weighted by Gasteiger charge is 2.35. The maximum Gasteiger partial charge on any atom is 0.0468 e. The van der Waals surface area contributed by atoms with Crippen molar-refractivity contribution in [3.63, 3.8) is 0 Å². The molecule has 0 radical (unpaired) electrons. The number of nitrogens with zero attached hydrogens (tertiary/aromatic N) is 1. The lowest BCUT2D eigenvalue weighted by Crippen LogP contribution is -2.16. The summed E-state index contributed by atoms with van der Waals surface area (Å²) in [7, 11) is 0. The van der Waals surface area contributed by atoms with Crippen molar-refractivity contribution in [1.29, 1.82) is 0 Å². The van der Waals surface area contributed by atoms with E-state index in [9.17, 15) is 0 Å². The molecule has 0 fully saturated rings. The monoisotopic (exact) mass is 663 g/mol. The summed E-state index contributed by atoms with van der Waals surface area (Å²) in [6, 6.07) is 69.2. The Morgan fingerprint density at radius 3 is 1.77 bits per heavy atom. The molecular formula is C51H37N. The van der Waals surface area contributed by atoms with Gasteiger partial charge in [-0.1, -0.05) is 153 Å². The van der Waals surface area contributed by atoms with E-state index in [0.717, 1.165) is 17.1 Å². The topological polar surface area (TPSA) is 3.24 Å². The summed E-state index contributed by atoms with van der Waals surface area (Å²) < 4.78 is 0. The Morgan fingerprint density at radius 1 is 0.327 bits per heavy atom. The molecule has 0 heterocycles. The summed E-state index contributed by atoms with van der Waals surface area (Å²) in [6.45, 7) is 4.71. The fourth-order valence-corrected chi connectivity index (χ4v) is 8.54. The zero-order valence-corrected chi connectivity index (χ0v) is 29.3. The number of hydrogen-bond acceptors (Lipinski definition) is 1. The molecule has 9 aromatic carbocycles. The third-order valence-electron chi connectivity index (χ3n) is 11.2. The molecule has 0 aromatic heterocycles. The van der Waals surface area contributed by atoms with Gasteiger partial charge in [-0.3, -0.25) is 0 Å². The minimum absolute atomic E-state index is 0.0914. The fraction of sp³-hybridized carbons (Fsp3) is 0.0588. The van der Waals surface area contributed by atoms with Crippen LogP contribution in [0.15, 0.2) is 188 Å². The van der Waals surface area contributed by atoms with E-state index in [-0.39, 0.29) is 5.41 Å². The zero-order valence-electron chi connectivity index (χ0n) is 29.3. The van der Waals surface area contributed by atoms with Crippen LogP contribution in [0.3, 0.4) is 0 Å². The van der Waals surface area contributed by atoms with Crippen LogP contribution in [-0.4, -0.2) is 0 Å². The van der Waals surface area contributed by atoms with E-state index in [1.165, 1.54) is 76.8 Å². The summed E-state index contributed by atoms with van der Waals surface area (Å²) >= 11 is 0. The van der Waals surface area contributed by atoms with Crippen LogP contribution in [0.4, 0.5) is 17.1 Å². The van der Waals surface area contributed by atoms with Crippen molar-refractivity contribution in [1.82, 2.24) is 0 Å². The number of benzene rings is 9. The van der Waals surface area contributed by atoms with Crippen molar-refractivity contribution in [3.8, 4) is 33.4 Å². The van der Waals surface area contributed by atoms with Crippen LogP contribution in [0.1, 0.15) is 25.0 Å². The highest BCUT2D eigenvalue weighted by atomic mass is 15.1. The van der Waals surface area contributed by atoms with E-state index in [0.29, 0.717) is 0 Å². The third kappa shape index (κ3) is 4.85. The Bertz CT molecular complexity index is 2810. The third-order valence-corrected chi connectivity index (χ3v) is 11.2. The molecule has 0 N–H and O–H groups in total. The molecule has 0 amide bonds. The van der Waals surface area contributed by atoms with Crippen LogP contribution in [0, 0.1) is 0 Å². The standard InChI is InChI=1S/C51H37N/c1-51(2)49-19-11-10-18-46(49)47-29-28-42(33-50(47)51)52(41-27-24-37-30-36(20-21-38(37)31-41)34-12-4-3-5-13-34)40-25-22-35(23-26-40)48-32-39-14-6-7-15-43(39)44-16-8-9-17-45(44)48/h3-33H,1-2H3. The quantitative estimate of drug-likeness (QED) is 0.166. The van der Waals surface area contributed by atoms with E-state index < -0.39 is 0 Å². The summed E-state index contributed by atoms with van der Waals surface area (Å²) in [6.07, 6.45) is 0. The van der Waals surface area contributed by atoms with Gasteiger partial charge in [0.2, 0.25) is 0 Å². The van der Waals surface area contributed by atoms with Gasteiger partial charge in [-0.25, -0.2) is 0 Å². The lowest BCUT2D eigenvalue weighted by atomic mass is 9.82. The van der Waals surface area contributed by atoms with Crippen molar-refractivity contribution in [3.05, 3.63) is 199 Å². The van der Waals surface area contributed by atoms with Gasteiger partial charge in [0.05, 0.1) is 0 Å².